The van der Waals surface area contributed by atoms with E-state index in [4.69, 9.17) is 4.74 Å². The molecule has 5 rings (SSSR count). The van der Waals surface area contributed by atoms with Gasteiger partial charge in [-0.05, 0) is 38.5 Å². The summed E-state index contributed by atoms with van der Waals surface area (Å²) in [6.07, 6.45) is 1.97. The Hall–Kier alpha value is -4.07. The molecule has 1 unspecified atom stereocenters. The van der Waals surface area contributed by atoms with E-state index in [1.807, 2.05) is 69.3 Å². The number of nitrogens with zero attached hydrogens (tertiary/aromatic N) is 5. The SMILES string of the molecule is CCOc1ccc(C2CC(=O)Nc3c2c(C)nn3-c2nncc(-c3ccc(C)cc3)n2)cc1. The van der Waals surface area contributed by atoms with Crippen LogP contribution in [0.5, 0.6) is 5.75 Å². The zero-order valence-electron chi connectivity index (χ0n) is 18.7. The molecule has 4 aromatic rings. The van der Waals surface area contributed by atoms with E-state index >= 15 is 0 Å². The fraction of sp³-hybridized carbons (Fsp3) is 0.240. The molecule has 0 fully saturated rings. The maximum absolute atomic E-state index is 12.7. The summed E-state index contributed by atoms with van der Waals surface area (Å²) in [7, 11) is 0. The van der Waals surface area contributed by atoms with Gasteiger partial charge in [-0.25, -0.2) is 4.98 Å². The highest BCUT2D eigenvalue weighted by Crippen LogP contribution is 2.40. The molecule has 1 N–H and O–H groups in total. The smallest absolute Gasteiger partial charge is 0.272 e. The van der Waals surface area contributed by atoms with Gasteiger partial charge in [-0.2, -0.15) is 14.9 Å². The molecule has 1 atom stereocenters. The molecular formula is C25H24N6O2. The molecule has 2 aromatic heterocycles. The Bertz CT molecular complexity index is 1310. The second-order valence-corrected chi connectivity index (χ2v) is 8.07. The van der Waals surface area contributed by atoms with Gasteiger partial charge in [0.1, 0.15) is 11.6 Å². The van der Waals surface area contributed by atoms with Gasteiger partial charge in [0.25, 0.3) is 5.95 Å². The summed E-state index contributed by atoms with van der Waals surface area (Å²) < 4.78 is 7.14. The monoisotopic (exact) mass is 440 g/mol. The average Bonchev–Trinajstić information content (AvgIpc) is 3.16. The molecule has 1 amide bonds. The Labute approximate surface area is 191 Å². The van der Waals surface area contributed by atoms with Gasteiger partial charge in [-0.15, -0.1) is 5.10 Å². The minimum absolute atomic E-state index is 0.0785. The number of rotatable bonds is 5. The quantitative estimate of drug-likeness (QED) is 0.499. The van der Waals surface area contributed by atoms with Gasteiger partial charge in [0.05, 0.1) is 24.2 Å². The lowest BCUT2D eigenvalue weighted by atomic mass is 9.86. The number of carbonyl (C=O) groups excluding carboxylic acids is 1. The normalized spacial score (nSPS) is 15.1. The van der Waals surface area contributed by atoms with Crippen LogP contribution in [-0.4, -0.2) is 37.5 Å². The lowest BCUT2D eigenvalue weighted by Crippen LogP contribution is -2.25. The number of aromatic nitrogens is 5. The predicted octanol–water partition coefficient (Wildman–Crippen LogP) is 4.21. The zero-order valence-corrected chi connectivity index (χ0v) is 18.7. The fourth-order valence-corrected chi connectivity index (χ4v) is 4.19. The van der Waals surface area contributed by atoms with Gasteiger partial charge in [0.2, 0.25) is 5.91 Å². The van der Waals surface area contributed by atoms with Crippen molar-refractivity contribution in [2.24, 2.45) is 0 Å². The van der Waals surface area contributed by atoms with Crippen LogP contribution in [0.25, 0.3) is 17.2 Å². The van der Waals surface area contributed by atoms with Gasteiger partial charge in [-0.1, -0.05) is 42.0 Å². The van der Waals surface area contributed by atoms with Crippen molar-refractivity contribution in [2.75, 3.05) is 11.9 Å². The van der Waals surface area contributed by atoms with E-state index in [1.54, 1.807) is 10.9 Å². The van der Waals surface area contributed by atoms with Crippen molar-refractivity contribution < 1.29 is 9.53 Å². The summed E-state index contributed by atoms with van der Waals surface area (Å²) >= 11 is 0. The lowest BCUT2D eigenvalue weighted by Gasteiger charge is -2.24. The number of carbonyl (C=O) groups is 1. The van der Waals surface area contributed by atoms with Crippen LogP contribution >= 0.6 is 0 Å². The van der Waals surface area contributed by atoms with Crippen LogP contribution in [-0.2, 0) is 4.79 Å². The Morgan fingerprint density at radius 2 is 1.85 bits per heavy atom. The molecule has 8 heteroatoms. The molecule has 0 radical (unpaired) electrons. The van der Waals surface area contributed by atoms with Crippen molar-refractivity contribution in [3.8, 4) is 23.0 Å². The summed E-state index contributed by atoms with van der Waals surface area (Å²) in [4.78, 5) is 17.3. The van der Waals surface area contributed by atoms with Crippen molar-refractivity contribution in [2.45, 2.75) is 33.1 Å². The van der Waals surface area contributed by atoms with E-state index in [-0.39, 0.29) is 11.8 Å². The first kappa shape index (κ1) is 20.8. The summed E-state index contributed by atoms with van der Waals surface area (Å²) in [5.74, 6) is 1.51. The van der Waals surface area contributed by atoms with Crippen LogP contribution in [0.1, 0.15) is 41.6 Å². The van der Waals surface area contributed by atoms with Crippen LogP contribution < -0.4 is 10.1 Å². The molecule has 1 aliphatic rings. The molecule has 3 heterocycles. The summed E-state index contributed by atoms with van der Waals surface area (Å²) in [5.41, 5.74) is 5.60. The molecule has 0 bridgehead atoms. The Kier molecular flexibility index (Phi) is 5.34. The van der Waals surface area contributed by atoms with Crippen molar-refractivity contribution >= 4 is 11.7 Å². The average molecular weight is 441 g/mol. The summed E-state index contributed by atoms with van der Waals surface area (Å²) in [5, 5.41) is 16.0. The molecule has 8 nitrogen and oxygen atoms in total. The zero-order chi connectivity index (χ0) is 22.9. The maximum atomic E-state index is 12.7. The van der Waals surface area contributed by atoms with Crippen LogP contribution in [0.4, 0.5) is 5.82 Å². The number of nitrogens with one attached hydrogen (secondary N) is 1. The second kappa shape index (κ2) is 8.46. The topological polar surface area (TPSA) is 94.8 Å². The highest BCUT2D eigenvalue weighted by atomic mass is 16.5. The minimum Gasteiger partial charge on any atom is -0.494 e. The van der Waals surface area contributed by atoms with Crippen LogP contribution in [0, 0.1) is 13.8 Å². The van der Waals surface area contributed by atoms with Crippen LogP contribution in [0.2, 0.25) is 0 Å². The van der Waals surface area contributed by atoms with Crippen molar-refractivity contribution in [1.29, 1.82) is 0 Å². The number of amides is 1. The highest BCUT2D eigenvalue weighted by Gasteiger charge is 2.33. The number of fused-ring (bicyclic) bond motifs is 1. The maximum Gasteiger partial charge on any atom is 0.272 e. The van der Waals surface area contributed by atoms with E-state index in [0.717, 1.165) is 28.1 Å². The van der Waals surface area contributed by atoms with Crippen LogP contribution in [0.15, 0.2) is 54.7 Å². The van der Waals surface area contributed by atoms with Crippen LogP contribution in [0.3, 0.4) is 0 Å². The first-order chi connectivity index (χ1) is 16.0. The standard InChI is InChI=1S/C25H24N6O2/c1-4-33-19-11-9-17(10-12-19)20-13-22(32)28-24-23(20)16(3)30-31(24)25-27-21(14-26-29-25)18-7-5-15(2)6-8-18/h5-12,14,20H,4,13H2,1-3H3,(H,28,32). The van der Waals surface area contributed by atoms with Gasteiger partial charge in [-0.3, -0.25) is 4.79 Å². The summed E-state index contributed by atoms with van der Waals surface area (Å²) in [6.45, 7) is 6.53. The molecule has 0 spiro atoms. The molecule has 0 saturated heterocycles. The molecule has 166 valence electrons. The third-order valence-electron chi connectivity index (χ3n) is 5.78. The molecule has 0 saturated carbocycles. The molecule has 2 aromatic carbocycles. The fourth-order valence-electron chi connectivity index (χ4n) is 4.19. The molecular weight excluding hydrogens is 416 g/mol. The van der Waals surface area contributed by atoms with Gasteiger partial charge in [0, 0.05) is 23.5 Å². The largest absolute Gasteiger partial charge is 0.494 e. The summed E-state index contributed by atoms with van der Waals surface area (Å²) in [6, 6.07) is 15.9. The van der Waals surface area contributed by atoms with Gasteiger partial charge in [0.15, 0.2) is 0 Å². The third kappa shape index (κ3) is 3.95. The highest BCUT2D eigenvalue weighted by molar-refractivity contribution is 5.95. The predicted molar refractivity (Wildman–Crippen MR) is 125 cm³/mol. The number of aryl methyl sites for hydroxylation is 2. The van der Waals surface area contributed by atoms with E-state index in [1.165, 1.54) is 5.56 Å². The van der Waals surface area contributed by atoms with Gasteiger partial charge < -0.3 is 10.1 Å². The Morgan fingerprint density at radius 1 is 1.09 bits per heavy atom. The Balaban J connectivity index is 1.56. The number of benzene rings is 2. The molecule has 33 heavy (non-hydrogen) atoms. The molecule has 1 aliphatic heterocycles. The number of hydrogen-bond donors (Lipinski definition) is 1. The van der Waals surface area contributed by atoms with E-state index in [0.29, 0.717) is 30.5 Å². The van der Waals surface area contributed by atoms with Crippen molar-refractivity contribution in [1.82, 2.24) is 25.0 Å². The second-order valence-electron chi connectivity index (χ2n) is 8.07. The lowest BCUT2D eigenvalue weighted by molar-refractivity contribution is -0.116. The van der Waals surface area contributed by atoms with Crippen molar-refractivity contribution in [3.05, 3.63) is 77.1 Å². The number of hydrogen-bond acceptors (Lipinski definition) is 6. The number of ether oxygens (including phenoxy) is 1. The molecule has 0 aliphatic carbocycles. The van der Waals surface area contributed by atoms with E-state index in [2.05, 4.69) is 25.6 Å². The van der Waals surface area contributed by atoms with E-state index in [9.17, 15) is 4.79 Å². The van der Waals surface area contributed by atoms with Crippen molar-refractivity contribution in [3.63, 3.8) is 0 Å². The first-order valence-electron chi connectivity index (χ1n) is 10.9. The minimum atomic E-state index is -0.119. The van der Waals surface area contributed by atoms with E-state index < -0.39 is 0 Å². The number of anilines is 1. The van der Waals surface area contributed by atoms with Gasteiger partial charge >= 0.3 is 0 Å². The Morgan fingerprint density at radius 3 is 2.58 bits per heavy atom. The first-order valence-corrected chi connectivity index (χ1v) is 10.9. The third-order valence-corrected chi connectivity index (χ3v) is 5.78.